The Hall–Kier alpha value is -0.0900. The van der Waals surface area contributed by atoms with Crippen LogP contribution in [-0.2, 0) is 14.6 Å². The summed E-state index contributed by atoms with van der Waals surface area (Å²) in [6.45, 7) is 4.46. The van der Waals surface area contributed by atoms with Crippen LogP contribution in [0.15, 0.2) is 4.99 Å². The molecule has 1 unspecified atom stereocenters. The number of aliphatic imine (C=N–C) groups is 1. The SMILES string of the molecule is CCOCCC1(CNC(=NC)NC2CCS(=O)(=O)C2)CC1.I. The summed E-state index contributed by atoms with van der Waals surface area (Å²) in [6, 6.07) is -0.0141. The van der Waals surface area contributed by atoms with Gasteiger partial charge in [-0.2, -0.15) is 0 Å². The Morgan fingerprint density at radius 3 is 2.64 bits per heavy atom. The Kier molecular flexibility index (Phi) is 7.87. The van der Waals surface area contributed by atoms with Gasteiger partial charge in [0.15, 0.2) is 15.8 Å². The molecule has 1 aliphatic heterocycles. The number of nitrogens with zero attached hydrogens (tertiary/aromatic N) is 1. The number of rotatable bonds is 7. The Morgan fingerprint density at radius 1 is 1.41 bits per heavy atom. The predicted molar refractivity (Wildman–Crippen MR) is 99.7 cm³/mol. The standard InChI is InChI=1S/C14H27N3O3S.HI/c1-3-20-8-7-14(5-6-14)11-16-13(15-2)17-12-4-9-21(18,19)10-12;/h12H,3-11H2,1-2H3,(H2,15,16,17);1H. The molecule has 0 aromatic carbocycles. The zero-order valence-corrected chi connectivity index (χ0v) is 16.6. The molecule has 0 radical (unpaired) electrons. The van der Waals surface area contributed by atoms with Gasteiger partial charge in [-0.25, -0.2) is 8.42 Å². The van der Waals surface area contributed by atoms with E-state index < -0.39 is 9.84 Å². The molecule has 0 bridgehead atoms. The molecule has 0 aromatic heterocycles. The highest BCUT2D eigenvalue weighted by Gasteiger charge is 2.42. The van der Waals surface area contributed by atoms with E-state index >= 15 is 0 Å². The Labute approximate surface area is 150 Å². The quantitative estimate of drug-likeness (QED) is 0.266. The van der Waals surface area contributed by atoms with Gasteiger partial charge in [-0.3, -0.25) is 4.99 Å². The van der Waals surface area contributed by atoms with Crippen LogP contribution in [0.1, 0.15) is 32.6 Å². The molecule has 0 spiro atoms. The monoisotopic (exact) mass is 445 g/mol. The number of hydrogen-bond donors (Lipinski definition) is 2. The molecule has 6 nitrogen and oxygen atoms in total. The van der Waals surface area contributed by atoms with E-state index in [-0.39, 0.29) is 41.5 Å². The summed E-state index contributed by atoms with van der Waals surface area (Å²) < 4.78 is 28.4. The highest BCUT2D eigenvalue weighted by molar-refractivity contribution is 14.0. The van der Waals surface area contributed by atoms with E-state index in [2.05, 4.69) is 15.6 Å². The van der Waals surface area contributed by atoms with Crippen LogP contribution in [0.25, 0.3) is 0 Å². The molecule has 22 heavy (non-hydrogen) atoms. The first-order valence-electron chi connectivity index (χ1n) is 7.74. The molecule has 1 atom stereocenters. The minimum Gasteiger partial charge on any atom is -0.382 e. The van der Waals surface area contributed by atoms with E-state index in [0.29, 0.717) is 17.8 Å². The molecule has 2 aliphatic rings. The van der Waals surface area contributed by atoms with Crippen molar-refractivity contribution in [2.75, 3.05) is 38.3 Å². The normalized spacial score (nSPS) is 25.4. The molecule has 2 fully saturated rings. The average Bonchev–Trinajstić information content (AvgIpc) is 3.13. The number of hydrogen-bond acceptors (Lipinski definition) is 4. The van der Waals surface area contributed by atoms with Crippen LogP contribution in [0.3, 0.4) is 0 Å². The number of nitrogens with one attached hydrogen (secondary N) is 2. The third-order valence-electron chi connectivity index (χ3n) is 4.37. The van der Waals surface area contributed by atoms with Gasteiger partial charge in [-0.15, -0.1) is 24.0 Å². The van der Waals surface area contributed by atoms with Gasteiger partial charge in [0.2, 0.25) is 0 Å². The molecular formula is C14H28IN3O3S. The van der Waals surface area contributed by atoms with Crippen LogP contribution in [0, 0.1) is 5.41 Å². The number of halogens is 1. The van der Waals surface area contributed by atoms with Crippen molar-refractivity contribution < 1.29 is 13.2 Å². The minimum atomic E-state index is -2.86. The van der Waals surface area contributed by atoms with Gasteiger partial charge in [0, 0.05) is 32.8 Å². The lowest BCUT2D eigenvalue weighted by Gasteiger charge is -2.20. The largest absolute Gasteiger partial charge is 0.382 e. The number of ether oxygens (including phenoxy) is 1. The topological polar surface area (TPSA) is 79.8 Å². The van der Waals surface area contributed by atoms with E-state index in [4.69, 9.17) is 4.74 Å². The third-order valence-corrected chi connectivity index (χ3v) is 6.13. The second-order valence-electron chi connectivity index (χ2n) is 6.12. The lowest BCUT2D eigenvalue weighted by molar-refractivity contribution is 0.128. The number of guanidine groups is 1. The molecule has 0 aromatic rings. The van der Waals surface area contributed by atoms with Gasteiger partial charge >= 0.3 is 0 Å². The fraction of sp³-hybridized carbons (Fsp3) is 0.929. The van der Waals surface area contributed by atoms with Crippen LogP contribution >= 0.6 is 24.0 Å². The van der Waals surface area contributed by atoms with Crippen molar-refractivity contribution in [2.24, 2.45) is 10.4 Å². The van der Waals surface area contributed by atoms with Crippen molar-refractivity contribution in [3.63, 3.8) is 0 Å². The van der Waals surface area contributed by atoms with Gasteiger partial charge in [0.1, 0.15) is 0 Å². The van der Waals surface area contributed by atoms with E-state index in [1.807, 2.05) is 6.92 Å². The van der Waals surface area contributed by atoms with Crippen molar-refractivity contribution >= 4 is 39.8 Å². The maximum atomic E-state index is 11.5. The van der Waals surface area contributed by atoms with Crippen molar-refractivity contribution in [1.29, 1.82) is 0 Å². The lowest BCUT2D eigenvalue weighted by Crippen LogP contribution is -2.45. The molecule has 1 heterocycles. The van der Waals surface area contributed by atoms with E-state index in [1.54, 1.807) is 7.05 Å². The summed E-state index contributed by atoms with van der Waals surface area (Å²) in [5.74, 6) is 1.20. The van der Waals surface area contributed by atoms with E-state index in [1.165, 1.54) is 12.8 Å². The summed E-state index contributed by atoms with van der Waals surface area (Å²) in [5, 5.41) is 6.56. The highest BCUT2D eigenvalue weighted by atomic mass is 127. The first kappa shape index (κ1) is 20.0. The van der Waals surface area contributed by atoms with Gasteiger partial charge < -0.3 is 15.4 Å². The second kappa shape index (κ2) is 8.68. The van der Waals surface area contributed by atoms with Crippen molar-refractivity contribution in [3.05, 3.63) is 0 Å². The van der Waals surface area contributed by atoms with Gasteiger partial charge in [0.25, 0.3) is 0 Å². The van der Waals surface area contributed by atoms with Gasteiger partial charge in [-0.05, 0) is 38.0 Å². The van der Waals surface area contributed by atoms with Crippen LogP contribution in [0.5, 0.6) is 0 Å². The smallest absolute Gasteiger partial charge is 0.191 e. The summed E-state index contributed by atoms with van der Waals surface area (Å²) in [6.07, 6.45) is 4.19. The van der Waals surface area contributed by atoms with E-state index in [9.17, 15) is 8.42 Å². The van der Waals surface area contributed by atoms with Gasteiger partial charge in [-0.1, -0.05) is 0 Å². The fourth-order valence-electron chi connectivity index (χ4n) is 2.69. The lowest BCUT2D eigenvalue weighted by atomic mass is 10.0. The zero-order valence-electron chi connectivity index (χ0n) is 13.4. The molecule has 130 valence electrons. The summed E-state index contributed by atoms with van der Waals surface area (Å²) >= 11 is 0. The summed E-state index contributed by atoms with van der Waals surface area (Å²) in [5.41, 5.74) is 0.342. The molecule has 1 aliphatic carbocycles. The van der Waals surface area contributed by atoms with Crippen molar-refractivity contribution in [3.8, 4) is 0 Å². The third kappa shape index (κ3) is 6.19. The Balaban J connectivity index is 0.00000242. The Morgan fingerprint density at radius 2 is 2.14 bits per heavy atom. The molecule has 8 heteroatoms. The highest BCUT2D eigenvalue weighted by Crippen LogP contribution is 2.48. The first-order valence-corrected chi connectivity index (χ1v) is 9.56. The van der Waals surface area contributed by atoms with Crippen LogP contribution in [0.4, 0.5) is 0 Å². The minimum absolute atomic E-state index is 0. The molecular weight excluding hydrogens is 417 g/mol. The summed E-state index contributed by atoms with van der Waals surface area (Å²) in [7, 11) is -1.14. The predicted octanol–water partition coefficient (Wildman–Crippen LogP) is 1.16. The zero-order chi connectivity index (χ0) is 15.3. The fourth-order valence-corrected chi connectivity index (χ4v) is 4.37. The maximum absolute atomic E-state index is 11.5. The number of sulfone groups is 1. The van der Waals surface area contributed by atoms with Crippen LogP contribution in [0.2, 0.25) is 0 Å². The van der Waals surface area contributed by atoms with Crippen LogP contribution < -0.4 is 10.6 Å². The first-order chi connectivity index (χ1) is 9.99. The molecule has 1 saturated heterocycles. The molecule has 2 rings (SSSR count). The molecule has 0 amide bonds. The van der Waals surface area contributed by atoms with E-state index in [0.717, 1.165) is 26.2 Å². The summed E-state index contributed by atoms with van der Waals surface area (Å²) in [4.78, 5) is 4.19. The average molecular weight is 445 g/mol. The van der Waals surface area contributed by atoms with Crippen molar-refractivity contribution in [1.82, 2.24) is 10.6 Å². The van der Waals surface area contributed by atoms with Crippen LogP contribution in [-0.4, -0.2) is 58.7 Å². The Bertz CT molecular complexity index is 478. The van der Waals surface area contributed by atoms with Gasteiger partial charge in [0.05, 0.1) is 11.5 Å². The molecule has 2 N–H and O–H groups in total. The van der Waals surface area contributed by atoms with Crippen molar-refractivity contribution in [2.45, 2.75) is 38.6 Å². The maximum Gasteiger partial charge on any atom is 0.191 e. The molecule has 1 saturated carbocycles. The second-order valence-corrected chi connectivity index (χ2v) is 8.35.